The van der Waals surface area contributed by atoms with E-state index in [4.69, 9.17) is 4.74 Å². The Balaban J connectivity index is 1.35. The van der Waals surface area contributed by atoms with Crippen molar-refractivity contribution in [2.24, 2.45) is 0 Å². The third kappa shape index (κ3) is 5.46. The standard InChI is InChI=1S/C30H37N7O2/c1-21-8-13-27-23(18-21)19-26(30(38)31-27)28(36-16-14-35(15-17-36)24-6-4-3-5-7-24)29-32-33-34-37(29)20-22-9-11-25(39-2)12-10-22/h8-13,18-19,24,28H,3-7,14-17,20H2,1-2H3,(H,31,38)/t28-/m1/s1. The van der Waals surface area contributed by atoms with E-state index in [-0.39, 0.29) is 11.6 Å². The molecule has 0 radical (unpaired) electrons. The third-order valence-electron chi connectivity index (χ3n) is 8.42. The van der Waals surface area contributed by atoms with E-state index in [1.807, 2.05) is 47.1 Å². The molecule has 204 valence electrons. The lowest BCUT2D eigenvalue weighted by Gasteiger charge is -2.43. The third-order valence-corrected chi connectivity index (χ3v) is 8.42. The molecule has 1 saturated carbocycles. The van der Waals surface area contributed by atoms with Gasteiger partial charge in [0.1, 0.15) is 11.8 Å². The number of pyridine rings is 1. The summed E-state index contributed by atoms with van der Waals surface area (Å²) >= 11 is 0. The number of aromatic nitrogens is 5. The number of methoxy groups -OCH3 is 1. The van der Waals surface area contributed by atoms with Crippen LogP contribution in [0.1, 0.15) is 60.7 Å². The fourth-order valence-electron chi connectivity index (χ4n) is 6.28. The largest absolute Gasteiger partial charge is 0.497 e. The number of H-pyrrole nitrogens is 1. The first kappa shape index (κ1) is 25.7. The van der Waals surface area contributed by atoms with Crippen LogP contribution in [0.3, 0.4) is 0 Å². The Morgan fingerprint density at radius 2 is 1.77 bits per heavy atom. The Bertz CT molecular complexity index is 1460. The van der Waals surface area contributed by atoms with Crippen LogP contribution >= 0.6 is 0 Å². The number of ether oxygens (including phenoxy) is 1. The molecule has 0 spiro atoms. The van der Waals surface area contributed by atoms with Crippen molar-refractivity contribution in [1.82, 2.24) is 35.0 Å². The minimum Gasteiger partial charge on any atom is -0.497 e. The molecule has 0 bridgehead atoms. The van der Waals surface area contributed by atoms with Gasteiger partial charge < -0.3 is 9.72 Å². The predicted octanol–water partition coefficient (Wildman–Crippen LogP) is 3.92. The van der Waals surface area contributed by atoms with E-state index in [0.717, 1.165) is 54.0 Å². The lowest BCUT2D eigenvalue weighted by molar-refractivity contribution is 0.0618. The molecule has 9 nitrogen and oxygen atoms in total. The summed E-state index contributed by atoms with van der Waals surface area (Å²) in [6.45, 7) is 6.29. The molecule has 2 aromatic heterocycles. The second-order valence-electron chi connectivity index (χ2n) is 11.0. The fourth-order valence-corrected chi connectivity index (χ4v) is 6.28. The number of fused-ring (bicyclic) bond motifs is 1. The smallest absolute Gasteiger partial charge is 0.253 e. The maximum absolute atomic E-state index is 13.6. The lowest BCUT2D eigenvalue weighted by Crippen LogP contribution is -2.52. The molecular weight excluding hydrogens is 490 g/mol. The zero-order valence-electron chi connectivity index (χ0n) is 22.8. The van der Waals surface area contributed by atoms with Crippen LogP contribution < -0.4 is 10.3 Å². The molecule has 39 heavy (non-hydrogen) atoms. The molecule has 4 aromatic rings. The maximum Gasteiger partial charge on any atom is 0.253 e. The van der Waals surface area contributed by atoms with Crippen molar-refractivity contribution in [2.75, 3.05) is 33.3 Å². The summed E-state index contributed by atoms with van der Waals surface area (Å²) in [7, 11) is 1.66. The van der Waals surface area contributed by atoms with Gasteiger partial charge in [0.25, 0.3) is 5.56 Å². The van der Waals surface area contributed by atoms with Crippen LogP contribution in [0.4, 0.5) is 0 Å². The van der Waals surface area contributed by atoms with Gasteiger partial charge >= 0.3 is 0 Å². The Morgan fingerprint density at radius 1 is 1.00 bits per heavy atom. The number of hydrogen-bond acceptors (Lipinski definition) is 7. The van der Waals surface area contributed by atoms with Crippen molar-refractivity contribution < 1.29 is 4.74 Å². The highest BCUT2D eigenvalue weighted by atomic mass is 16.5. The highest BCUT2D eigenvalue weighted by molar-refractivity contribution is 5.79. The van der Waals surface area contributed by atoms with E-state index in [1.54, 1.807) is 7.11 Å². The number of nitrogens with one attached hydrogen (secondary N) is 1. The van der Waals surface area contributed by atoms with Gasteiger partial charge in [-0.05, 0) is 71.5 Å². The topological polar surface area (TPSA) is 92.2 Å². The van der Waals surface area contributed by atoms with Gasteiger partial charge in [0.15, 0.2) is 5.82 Å². The monoisotopic (exact) mass is 527 g/mol. The molecule has 6 rings (SSSR count). The average molecular weight is 528 g/mol. The number of hydrogen-bond donors (Lipinski definition) is 1. The summed E-state index contributed by atoms with van der Waals surface area (Å²) in [5.41, 5.74) is 3.65. The van der Waals surface area contributed by atoms with Gasteiger partial charge in [0, 0.05) is 43.3 Å². The van der Waals surface area contributed by atoms with Crippen molar-refractivity contribution in [2.45, 2.75) is 57.7 Å². The number of rotatable bonds is 7. The van der Waals surface area contributed by atoms with E-state index >= 15 is 0 Å². The van der Waals surface area contributed by atoms with Crippen LogP contribution in [0.5, 0.6) is 5.75 Å². The van der Waals surface area contributed by atoms with Gasteiger partial charge in [0.2, 0.25) is 0 Å². The van der Waals surface area contributed by atoms with Crippen molar-refractivity contribution in [3.05, 3.63) is 81.4 Å². The van der Waals surface area contributed by atoms with E-state index < -0.39 is 0 Å². The summed E-state index contributed by atoms with van der Waals surface area (Å²) in [6.07, 6.45) is 6.62. The molecule has 1 N–H and O–H groups in total. The minimum atomic E-state index is -0.347. The van der Waals surface area contributed by atoms with Gasteiger partial charge in [-0.3, -0.25) is 14.6 Å². The van der Waals surface area contributed by atoms with Gasteiger partial charge in [-0.25, -0.2) is 4.68 Å². The second kappa shape index (κ2) is 11.3. The number of aromatic amines is 1. The highest BCUT2D eigenvalue weighted by Gasteiger charge is 2.34. The molecule has 2 aromatic carbocycles. The lowest BCUT2D eigenvalue weighted by atomic mass is 9.93. The van der Waals surface area contributed by atoms with Crippen molar-refractivity contribution >= 4 is 10.9 Å². The minimum absolute atomic E-state index is 0.0925. The van der Waals surface area contributed by atoms with Crippen LogP contribution in [-0.4, -0.2) is 74.3 Å². The van der Waals surface area contributed by atoms with E-state index in [0.29, 0.717) is 24.0 Å². The van der Waals surface area contributed by atoms with Crippen molar-refractivity contribution in [3.63, 3.8) is 0 Å². The van der Waals surface area contributed by atoms with Gasteiger partial charge in [-0.2, -0.15) is 0 Å². The SMILES string of the molecule is COc1ccc(Cn2nnnc2[C@@H](c2cc3cc(C)ccc3[nH]c2=O)N2CCN(C3CCCCC3)CC2)cc1. The predicted molar refractivity (Wildman–Crippen MR) is 151 cm³/mol. The van der Waals surface area contributed by atoms with Crippen LogP contribution in [-0.2, 0) is 6.54 Å². The first-order valence-electron chi connectivity index (χ1n) is 14.1. The van der Waals surface area contributed by atoms with Crippen LogP contribution in [0.2, 0.25) is 0 Å². The van der Waals surface area contributed by atoms with E-state index in [1.165, 1.54) is 32.1 Å². The summed E-state index contributed by atoms with van der Waals surface area (Å²) in [6, 6.07) is 16.4. The molecule has 3 heterocycles. The number of tetrazole rings is 1. The number of benzene rings is 2. The maximum atomic E-state index is 13.6. The molecule has 0 amide bonds. The first-order valence-corrected chi connectivity index (χ1v) is 14.1. The Hall–Kier alpha value is -3.56. The summed E-state index contributed by atoms with van der Waals surface area (Å²) in [5, 5.41) is 14.0. The molecule has 1 aliphatic heterocycles. The summed E-state index contributed by atoms with van der Waals surface area (Å²) < 4.78 is 7.15. The summed E-state index contributed by atoms with van der Waals surface area (Å²) in [5.74, 6) is 1.50. The summed E-state index contributed by atoms with van der Waals surface area (Å²) in [4.78, 5) is 21.7. The average Bonchev–Trinajstić information content (AvgIpc) is 3.42. The molecule has 9 heteroatoms. The molecule has 2 fully saturated rings. The van der Waals surface area contributed by atoms with Gasteiger partial charge in [-0.15, -0.1) is 5.10 Å². The second-order valence-corrected chi connectivity index (χ2v) is 11.0. The van der Waals surface area contributed by atoms with Crippen LogP contribution in [0.15, 0.2) is 53.3 Å². The van der Waals surface area contributed by atoms with Crippen molar-refractivity contribution in [1.29, 1.82) is 0 Å². The Kier molecular flexibility index (Phi) is 7.43. The normalized spacial score (nSPS) is 18.4. The van der Waals surface area contributed by atoms with Crippen LogP contribution in [0, 0.1) is 6.92 Å². The van der Waals surface area contributed by atoms with Gasteiger partial charge in [0.05, 0.1) is 13.7 Å². The first-order chi connectivity index (χ1) is 19.1. The Morgan fingerprint density at radius 3 is 2.51 bits per heavy atom. The quantitative estimate of drug-likeness (QED) is 0.389. The number of piperazine rings is 1. The molecular formula is C30H37N7O2. The van der Waals surface area contributed by atoms with Gasteiger partial charge in [-0.1, -0.05) is 43.0 Å². The number of aryl methyl sites for hydroxylation is 1. The van der Waals surface area contributed by atoms with E-state index in [9.17, 15) is 4.79 Å². The van der Waals surface area contributed by atoms with E-state index in [2.05, 4.69) is 43.3 Å². The Labute approximate surface area is 228 Å². The molecule has 2 aliphatic rings. The molecule has 1 saturated heterocycles. The number of nitrogens with zero attached hydrogens (tertiary/aromatic N) is 6. The molecule has 0 unspecified atom stereocenters. The molecule has 1 atom stereocenters. The van der Waals surface area contributed by atoms with Crippen LogP contribution in [0.25, 0.3) is 10.9 Å². The zero-order valence-corrected chi connectivity index (χ0v) is 22.8. The highest BCUT2D eigenvalue weighted by Crippen LogP contribution is 2.30. The van der Waals surface area contributed by atoms with Crippen molar-refractivity contribution in [3.8, 4) is 5.75 Å². The molecule has 1 aliphatic carbocycles. The fraction of sp³-hybridized carbons (Fsp3) is 0.467. The zero-order chi connectivity index (χ0) is 26.8.